The van der Waals surface area contributed by atoms with Crippen LogP contribution in [0.5, 0.6) is 0 Å². The first kappa shape index (κ1) is 13.3. The van der Waals surface area contributed by atoms with Crippen LogP contribution in [0.1, 0.15) is 11.3 Å². The Morgan fingerprint density at radius 3 is 2.85 bits per heavy atom. The number of pyridine rings is 2. The fourth-order valence-corrected chi connectivity index (χ4v) is 2.58. The second-order valence-electron chi connectivity index (χ2n) is 4.66. The van der Waals surface area contributed by atoms with Crippen molar-refractivity contribution >= 4 is 27.0 Å². The van der Waals surface area contributed by atoms with Crippen LogP contribution in [0.15, 0.2) is 47.3 Å². The zero-order valence-corrected chi connectivity index (χ0v) is 12.5. The Balaban J connectivity index is 2.00. The molecule has 0 radical (unpaired) electrons. The molecule has 0 atom stereocenters. The van der Waals surface area contributed by atoms with Gasteiger partial charge >= 0.3 is 0 Å². The largest absolute Gasteiger partial charge is 0.330 e. The molecule has 3 aromatic heterocycles. The lowest BCUT2D eigenvalue weighted by atomic mass is 10.2. The highest BCUT2D eigenvalue weighted by Gasteiger charge is 2.09. The van der Waals surface area contributed by atoms with E-state index in [4.69, 9.17) is 5.73 Å². The van der Waals surface area contributed by atoms with Crippen molar-refractivity contribution in [1.29, 1.82) is 0 Å². The number of nitrogens with two attached hydrogens (primary N) is 1. The monoisotopic (exact) mass is 330 g/mol. The van der Waals surface area contributed by atoms with Crippen LogP contribution in [0, 0.1) is 0 Å². The summed E-state index contributed by atoms with van der Waals surface area (Å²) in [5.74, 6) is 0. The first-order valence-electron chi connectivity index (χ1n) is 6.51. The quantitative estimate of drug-likeness (QED) is 0.800. The van der Waals surface area contributed by atoms with Crippen LogP contribution in [0.25, 0.3) is 11.0 Å². The van der Waals surface area contributed by atoms with Crippen molar-refractivity contribution in [2.75, 3.05) is 6.54 Å². The maximum Gasteiger partial charge on any atom is 0.140 e. The van der Waals surface area contributed by atoms with Crippen molar-refractivity contribution in [3.8, 4) is 0 Å². The standard InChI is InChI=1S/C15H15BrN4/c16-12-3-4-13(19-8-12)10-20-9-11(5-6-17)14-2-1-7-18-15(14)20/h1-4,7-9H,5-6,10,17H2. The summed E-state index contributed by atoms with van der Waals surface area (Å²) < 4.78 is 3.12. The number of fused-ring (bicyclic) bond motifs is 1. The van der Waals surface area contributed by atoms with Gasteiger partial charge in [-0.3, -0.25) is 4.98 Å². The SMILES string of the molecule is NCCc1cn(Cc2ccc(Br)cn2)c2ncccc12. The third kappa shape index (κ3) is 2.59. The minimum atomic E-state index is 0.643. The van der Waals surface area contributed by atoms with Crippen molar-refractivity contribution < 1.29 is 0 Å². The van der Waals surface area contributed by atoms with E-state index in [-0.39, 0.29) is 0 Å². The summed E-state index contributed by atoms with van der Waals surface area (Å²) in [6, 6.07) is 8.08. The third-order valence-corrected chi connectivity index (χ3v) is 3.72. The Morgan fingerprint density at radius 2 is 2.10 bits per heavy atom. The molecule has 0 fully saturated rings. The number of halogens is 1. The summed E-state index contributed by atoms with van der Waals surface area (Å²) in [5, 5.41) is 1.18. The van der Waals surface area contributed by atoms with Gasteiger partial charge < -0.3 is 10.3 Å². The van der Waals surface area contributed by atoms with Crippen LogP contribution in [0.3, 0.4) is 0 Å². The van der Waals surface area contributed by atoms with E-state index in [1.54, 1.807) is 0 Å². The summed E-state index contributed by atoms with van der Waals surface area (Å²) in [4.78, 5) is 8.90. The van der Waals surface area contributed by atoms with E-state index >= 15 is 0 Å². The van der Waals surface area contributed by atoms with Crippen LogP contribution in [0.2, 0.25) is 0 Å². The molecule has 0 spiro atoms. The second-order valence-corrected chi connectivity index (χ2v) is 5.58. The first-order chi connectivity index (χ1) is 9.78. The molecule has 20 heavy (non-hydrogen) atoms. The molecule has 2 N–H and O–H groups in total. The summed E-state index contributed by atoms with van der Waals surface area (Å²) in [7, 11) is 0. The van der Waals surface area contributed by atoms with Crippen molar-refractivity contribution in [2.24, 2.45) is 5.73 Å². The lowest BCUT2D eigenvalue weighted by Gasteiger charge is -2.04. The molecule has 3 heterocycles. The van der Waals surface area contributed by atoms with Gasteiger partial charge in [-0.05, 0) is 58.7 Å². The average Bonchev–Trinajstić information content (AvgIpc) is 2.81. The molecule has 5 heteroatoms. The Labute approximate surface area is 125 Å². The van der Waals surface area contributed by atoms with E-state index < -0.39 is 0 Å². The van der Waals surface area contributed by atoms with E-state index in [0.29, 0.717) is 13.1 Å². The van der Waals surface area contributed by atoms with Crippen molar-refractivity contribution in [3.63, 3.8) is 0 Å². The average molecular weight is 331 g/mol. The molecular formula is C15H15BrN4. The van der Waals surface area contributed by atoms with Crippen molar-refractivity contribution in [1.82, 2.24) is 14.5 Å². The van der Waals surface area contributed by atoms with E-state index in [2.05, 4.69) is 42.7 Å². The molecule has 0 aliphatic heterocycles. The zero-order chi connectivity index (χ0) is 13.9. The number of hydrogen-bond donors (Lipinski definition) is 1. The van der Waals surface area contributed by atoms with Gasteiger partial charge in [0.25, 0.3) is 0 Å². The topological polar surface area (TPSA) is 56.7 Å². The molecule has 0 aliphatic rings. The highest BCUT2D eigenvalue weighted by atomic mass is 79.9. The van der Waals surface area contributed by atoms with Gasteiger partial charge in [-0.1, -0.05) is 0 Å². The molecule has 0 amide bonds. The number of hydrogen-bond acceptors (Lipinski definition) is 3. The molecule has 0 saturated carbocycles. The molecule has 102 valence electrons. The van der Waals surface area contributed by atoms with Crippen LogP contribution < -0.4 is 5.73 Å². The number of rotatable bonds is 4. The summed E-state index contributed by atoms with van der Waals surface area (Å²) in [6.45, 7) is 1.36. The van der Waals surface area contributed by atoms with Gasteiger partial charge in [-0.2, -0.15) is 0 Å². The number of aromatic nitrogens is 3. The maximum absolute atomic E-state index is 5.68. The molecule has 4 nitrogen and oxygen atoms in total. The lowest BCUT2D eigenvalue weighted by Crippen LogP contribution is -2.03. The number of nitrogens with zero attached hydrogens (tertiary/aromatic N) is 3. The summed E-state index contributed by atoms with van der Waals surface area (Å²) >= 11 is 3.40. The highest BCUT2D eigenvalue weighted by Crippen LogP contribution is 2.20. The fraction of sp³-hybridized carbons (Fsp3) is 0.200. The fourth-order valence-electron chi connectivity index (χ4n) is 2.35. The minimum Gasteiger partial charge on any atom is -0.330 e. The summed E-state index contributed by atoms with van der Waals surface area (Å²) in [5.41, 5.74) is 8.92. The molecule has 0 unspecified atom stereocenters. The highest BCUT2D eigenvalue weighted by molar-refractivity contribution is 9.10. The van der Waals surface area contributed by atoms with Gasteiger partial charge in [-0.15, -0.1) is 0 Å². The van der Waals surface area contributed by atoms with Gasteiger partial charge in [0, 0.05) is 28.4 Å². The second kappa shape index (κ2) is 5.73. The first-order valence-corrected chi connectivity index (χ1v) is 7.30. The molecule has 0 bridgehead atoms. The van der Waals surface area contributed by atoms with E-state index in [1.165, 1.54) is 10.9 Å². The van der Waals surface area contributed by atoms with Crippen LogP contribution in [-0.4, -0.2) is 21.1 Å². The van der Waals surface area contributed by atoms with E-state index in [1.807, 2.05) is 30.6 Å². The Kier molecular flexibility index (Phi) is 3.80. The van der Waals surface area contributed by atoms with Crippen molar-refractivity contribution in [2.45, 2.75) is 13.0 Å². The van der Waals surface area contributed by atoms with Crippen LogP contribution in [0.4, 0.5) is 0 Å². The maximum atomic E-state index is 5.68. The van der Waals surface area contributed by atoms with Gasteiger partial charge in [0.2, 0.25) is 0 Å². The molecular weight excluding hydrogens is 316 g/mol. The lowest BCUT2D eigenvalue weighted by molar-refractivity contribution is 0.791. The van der Waals surface area contributed by atoms with Gasteiger partial charge in [0.15, 0.2) is 0 Å². The molecule has 3 rings (SSSR count). The van der Waals surface area contributed by atoms with Crippen LogP contribution >= 0.6 is 15.9 Å². The predicted octanol–water partition coefficient (Wildman–Crippen LogP) is 2.74. The smallest absolute Gasteiger partial charge is 0.140 e. The van der Waals surface area contributed by atoms with E-state index in [0.717, 1.165) is 22.2 Å². The third-order valence-electron chi connectivity index (χ3n) is 3.25. The Bertz CT molecular complexity index is 718. The minimum absolute atomic E-state index is 0.643. The molecule has 0 aromatic carbocycles. The zero-order valence-electron chi connectivity index (χ0n) is 11.0. The van der Waals surface area contributed by atoms with Crippen LogP contribution in [-0.2, 0) is 13.0 Å². The Hall–Kier alpha value is -1.72. The van der Waals surface area contributed by atoms with Gasteiger partial charge in [0.05, 0.1) is 12.2 Å². The van der Waals surface area contributed by atoms with Crippen molar-refractivity contribution in [3.05, 3.63) is 58.6 Å². The van der Waals surface area contributed by atoms with Gasteiger partial charge in [0.1, 0.15) is 5.65 Å². The molecule has 0 aliphatic carbocycles. The molecule has 0 saturated heterocycles. The Morgan fingerprint density at radius 1 is 1.20 bits per heavy atom. The molecule has 3 aromatic rings. The predicted molar refractivity (Wildman–Crippen MR) is 83.5 cm³/mol. The van der Waals surface area contributed by atoms with Gasteiger partial charge in [-0.25, -0.2) is 4.98 Å². The summed E-state index contributed by atoms with van der Waals surface area (Å²) in [6.07, 6.45) is 6.63. The van der Waals surface area contributed by atoms with E-state index in [9.17, 15) is 0 Å². The normalized spacial score (nSPS) is 11.1.